The van der Waals surface area contributed by atoms with E-state index in [4.69, 9.17) is 9.47 Å². The Bertz CT molecular complexity index is 822. The van der Waals surface area contributed by atoms with Crippen molar-refractivity contribution in [3.8, 4) is 11.5 Å². The molecule has 0 spiro atoms. The van der Waals surface area contributed by atoms with Crippen LogP contribution in [0.1, 0.15) is 20.3 Å². The molecule has 0 radical (unpaired) electrons. The molecule has 2 aromatic carbocycles. The first-order valence-electron chi connectivity index (χ1n) is 8.91. The Morgan fingerprint density at radius 1 is 1.22 bits per heavy atom. The van der Waals surface area contributed by atoms with E-state index in [0.717, 1.165) is 5.75 Å². The number of benzene rings is 2. The quantitative estimate of drug-likeness (QED) is 0.420. The minimum atomic E-state index is -0.603. The SMILES string of the molecule is CC(C)C1Oc2ccc([N+](=O)[O-])cc2N(CCCOc2ccccc2)C1=O. The molecule has 3 rings (SSSR count). The lowest BCUT2D eigenvalue weighted by molar-refractivity contribution is -0.384. The topological polar surface area (TPSA) is 81.9 Å². The van der Waals surface area contributed by atoms with Gasteiger partial charge in [0.1, 0.15) is 11.5 Å². The van der Waals surface area contributed by atoms with Crippen LogP contribution < -0.4 is 14.4 Å². The first-order valence-corrected chi connectivity index (χ1v) is 8.91. The highest BCUT2D eigenvalue weighted by Crippen LogP contribution is 2.38. The molecular formula is C20H22N2O5. The van der Waals surface area contributed by atoms with Gasteiger partial charge in [0.15, 0.2) is 6.10 Å². The van der Waals surface area contributed by atoms with Gasteiger partial charge in [-0.2, -0.15) is 0 Å². The molecule has 0 saturated carbocycles. The molecule has 7 nitrogen and oxygen atoms in total. The summed E-state index contributed by atoms with van der Waals surface area (Å²) in [6.07, 6.45) is -0.0119. The van der Waals surface area contributed by atoms with Gasteiger partial charge in [0, 0.05) is 18.7 Å². The van der Waals surface area contributed by atoms with Crippen molar-refractivity contribution in [2.75, 3.05) is 18.1 Å². The Kier molecular flexibility index (Phi) is 5.59. The summed E-state index contributed by atoms with van der Waals surface area (Å²) in [6.45, 7) is 4.66. The summed E-state index contributed by atoms with van der Waals surface area (Å²) >= 11 is 0. The van der Waals surface area contributed by atoms with Crippen LogP contribution in [0.3, 0.4) is 0 Å². The number of nitrogens with zero attached hydrogens (tertiary/aromatic N) is 2. The normalized spacial score (nSPS) is 16.0. The molecule has 0 aliphatic carbocycles. The van der Waals surface area contributed by atoms with Crippen molar-refractivity contribution < 1.29 is 19.2 Å². The van der Waals surface area contributed by atoms with Crippen molar-refractivity contribution in [2.45, 2.75) is 26.4 Å². The number of hydrogen-bond donors (Lipinski definition) is 0. The van der Waals surface area contributed by atoms with Gasteiger partial charge in [0.05, 0.1) is 17.2 Å². The summed E-state index contributed by atoms with van der Waals surface area (Å²) in [5.41, 5.74) is 0.365. The maximum Gasteiger partial charge on any atom is 0.271 e. The minimum Gasteiger partial charge on any atom is -0.494 e. The molecule has 0 bridgehead atoms. The van der Waals surface area contributed by atoms with Crippen LogP contribution in [-0.4, -0.2) is 30.1 Å². The molecule has 2 aromatic rings. The number of ether oxygens (including phenoxy) is 2. The van der Waals surface area contributed by atoms with Gasteiger partial charge in [-0.1, -0.05) is 32.0 Å². The standard InChI is InChI=1S/C20H22N2O5/c1-14(2)19-20(23)21(11-6-12-26-16-7-4-3-5-8-16)17-13-15(22(24)25)9-10-18(17)27-19/h3-5,7-10,13-14,19H,6,11-12H2,1-2H3. The summed E-state index contributed by atoms with van der Waals surface area (Å²) < 4.78 is 11.5. The molecule has 7 heteroatoms. The van der Waals surface area contributed by atoms with Crippen LogP contribution in [0.4, 0.5) is 11.4 Å². The lowest BCUT2D eigenvalue weighted by Crippen LogP contribution is -2.48. The highest BCUT2D eigenvalue weighted by atomic mass is 16.6. The van der Waals surface area contributed by atoms with Crippen LogP contribution >= 0.6 is 0 Å². The molecule has 1 atom stereocenters. The number of hydrogen-bond acceptors (Lipinski definition) is 5. The number of fused-ring (bicyclic) bond motifs is 1. The van der Waals surface area contributed by atoms with E-state index in [9.17, 15) is 14.9 Å². The summed E-state index contributed by atoms with van der Waals surface area (Å²) in [7, 11) is 0. The maximum atomic E-state index is 12.9. The summed E-state index contributed by atoms with van der Waals surface area (Å²) in [5.74, 6) is 1.06. The molecule has 0 saturated heterocycles. The molecule has 1 aliphatic heterocycles. The predicted molar refractivity (Wildman–Crippen MR) is 101 cm³/mol. The maximum absolute atomic E-state index is 12.9. The summed E-state index contributed by atoms with van der Waals surface area (Å²) in [5, 5.41) is 11.1. The van der Waals surface area contributed by atoms with Gasteiger partial charge in [-0.25, -0.2) is 0 Å². The lowest BCUT2D eigenvalue weighted by Gasteiger charge is -2.35. The smallest absolute Gasteiger partial charge is 0.271 e. The number of carbonyl (C=O) groups excluding carboxylic acids is 1. The van der Waals surface area contributed by atoms with Gasteiger partial charge in [-0.15, -0.1) is 0 Å². The first kappa shape index (κ1) is 18.7. The molecule has 1 unspecified atom stereocenters. The highest BCUT2D eigenvalue weighted by Gasteiger charge is 2.36. The van der Waals surface area contributed by atoms with Crippen molar-refractivity contribution in [1.29, 1.82) is 0 Å². The molecule has 142 valence electrons. The number of amides is 1. The van der Waals surface area contributed by atoms with Crippen molar-refractivity contribution in [3.63, 3.8) is 0 Å². The highest BCUT2D eigenvalue weighted by molar-refractivity contribution is 6.00. The fraction of sp³-hybridized carbons (Fsp3) is 0.350. The third-order valence-electron chi connectivity index (χ3n) is 4.35. The predicted octanol–water partition coefficient (Wildman–Crippen LogP) is 3.81. The fourth-order valence-corrected chi connectivity index (χ4v) is 2.97. The van der Waals surface area contributed by atoms with Crippen molar-refractivity contribution >= 4 is 17.3 Å². The Morgan fingerprint density at radius 3 is 2.63 bits per heavy atom. The van der Waals surface area contributed by atoms with E-state index in [2.05, 4.69) is 0 Å². The molecular weight excluding hydrogens is 348 g/mol. The second-order valence-corrected chi connectivity index (χ2v) is 6.70. The Balaban J connectivity index is 1.76. The second-order valence-electron chi connectivity index (χ2n) is 6.70. The molecule has 27 heavy (non-hydrogen) atoms. The van der Waals surface area contributed by atoms with E-state index in [1.807, 2.05) is 44.2 Å². The van der Waals surface area contributed by atoms with Crippen LogP contribution in [0.15, 0.2) is 48.5 Å². The molecule has 0 fully saturated rings. The molecule has 1 amide bonds. The van der Waals surface area contributed by atoms with Gasteiger partial charge in [-0.05, 0) is 30.5 Å². The molecule has 1 heterocycles. The van der Waals surface area contributed by atoms with E-state index in [0.29, 0.717) is 31.0 Å². The number of rotatable bonds is 7. The van der Waals surface area contributed by atoms with E-state index in [1.54, 1.807) is 11.0 Å². The molecule has 0 N–H and O–H groups in total. The number of non-ortho nitro benzene ring substituents is 1. The van der Waals surface area contributed by atoms with Crippen LogP contribution in [-0.2, 0) is 4.79 Å². The van der Waals surface area contributed by atoms with Crippen LogP contribution in [0.5, 0.6) is 11.5 Å². The first-order chi connectivity index (χ1) is 13.0. The van der Waals surface area contributed by atoms with E-state index < -0.39 is 11.0 Å². The largest absolute Gasteiger partial charge is 0.494 e. The van der Waals surface area contributed by atoms with Crippen LogP contribution in [0, 0.1) is 16.0 Å². The second kappa shape index (κ2) is 8.07. The number of anilines is 1. The van der Waals surface area contributed by atoms with Crippen LogP contribution in [0.2, 0.25) is 0 Å². The van der Waals surface area contributed by atoms with E-state index in [-0.39, 0.29) is 17.5 Å². The molecule has 1 aliphatic rings. The average Bonchev–Trinajstić information content (AvgIpc) is 2.66. The van der Waals surface area contributed by atoms with Crippen molar-refractivity contribution in [3.05, 3.63) is 58.6 Å². The zero-order valence-electron chi connectivity index (χ0n) is 15.3. The average molecular weight is 370 g/mol. The summed E-state index contributed by atoms with van der Waals surface area (Å²) in [6, 6.07) is 13.8. The third-order valence-corrected chi connectivity index (χ3v) is 4.35. The summed E-state index contributed by atoms with van der Waals surface area (Å²) in [4.78, 5) is 25.1. The Labute approximate surface area is 157 Å². The molecule has 0 aromatic heterocycles. The fourth-order valence-electron chi connectivity index (χ4n) is 2.97. The number of carbonyl (C=O) groups is 1. The van der Waals surface area contributed by atoms with Crippen LogP contribution in [0.25, 0.3) is 0 Å². The van der Waals surface area contributed by atoms with Gasteiger partial charge in [0.2, 0.25) is 0 Å². The number of para-hydroxylation sites is 1. The number of nitro groups is 1. The van der Waals surface area contributed by atoms with E-state index >= 15 is 0 Å². The van der Waals surface area contributed by atoms with Gasteiger partial charge < -0.3 is 14.4 Å². The monoisotopic (exact) mass is 370 g/mol. The van der Waals surface area contributed by atoms with Gasteiger partial charge >= 0.3 is 0 Å². The Morgan fingerprint density at radius 2 is 1.96 bits per heavy atom. The third kappa shape index (κ3) is 4.19. The Hall–Kier alpha value is -3.09. The number of nitro benzene ring substituents is 1. The van der Waals surface area contributed by atoms with Crippen molar-refractivity contribution in [1.82, 2.24) is 0 Å². The minimum absolute atomic E-state index is 0.0103. The zero-order valence-corrected chi connectivity index (χ0v) is 15.3. The zero-order chi connectivity index (χ0) is 19.4. The lowest BCUT2D eigenvalue weighted by atomic mass is 10.0. The van der Waals surface area contributed by atoms with Gasteiger partial charge in [0.25, 0.3) is 11.6 Å². The van der Waals surface area contributed by atoms with Gasteiger partial charge in [-0.3, -0.25) is 14.9 Å². The van der Waals surface area contributed by atoms with Crippen molar-refractivity contribution in [2.24, 2.45) is 5.92 Å². The van der Waals surface area contributed by atoms with E-state index in [1.165, 1.54) is 12.1 Å².